The Hall–Kier alpha value is -2.38. The number of carbonyl (C=O) groups is 1. The van der Waals surface area contributed by atoms with Crippen LogP contribution in [0.1, 0.15) is 54.4 Å². The summed E-state index contributed by atoms with van der Waals surface area (Å²) in [6.07, 6.45) is 1.69. The Balaban J connectivity index is 1.62. The van der Waals surface area contributed by atoms with Crippen molar-refractivity contribution in [3.05, 3.63) is 22.8 Å². The summed E-state index contributed by atoms with van der Waals surface area (Å²) in [6, 6.07) is 0. The molecule has 136 valence electrons. The molecule has 1 fully saturated rings. The predicted octanol–water partition coefficient (Wildman–Crippen LogP) is 1.99. The molecule has 1 unspecified atom stereocenters. The molecule has 1 N–H and O–H groups in total. The van der Waals surface area contributed by atoms with Gasteiger partial charge in [0.15, 0.2) is 0 Å². The van der Waals surface area contributed by atoms with Crippen LogP contribution >= 0.6 is 0 Å². The van der Waals surface area contributed by atoms with E-state index in [-0.39, 0.29) is 17.7 Å². The van der Waals surface area contributed by atoms with E-state index < -0.39 is 0 Å². The fourth-order valence-electron chi connectivity index (χ4n) is 3.52. The number of nitrogens with zero attached hydrogens (tertiary/aromatic N) is 5. The molecule has 0 aromatic carbocycles. The first-order valence-corrected chi connectivity index (χ1v) is 8.69. The van der Waals surface area contributed by atoms with Gasteiger partial charge in [0.05, 0.1) is 11.6 Å². The topological polar surface area (TPSA) is 91.2 Å². The number of likely N-dealkylation sites (tertiary alicyclic amines) is 1. The van der Waals surface area contributed by atoms with Gasteiger partial charge in [0.25, 0.3) is 5.95 Å². The zero-order valence-electron chi connectivity index (χ0n) is 15.5. The number of aryl methyl sites for hydroxylation is 2. The lowest BCUT2D eigenvalue weighted by Gasteiger charge is -2.32. The minimum atomic E-state index is -0.181. The highest BCUT2D eigenvalue weighted by atomic mass is 16.5. The third-order valence-corrected chi connectivity index (χ3v) is 4.98. The molecule has 3 rings (SSSR count). The van der Waals surface area contributed by atoms with Crippen LogP contribution in [-0.4, -0.2) is 58.3 Å². The second-order valence-electron chi connectivity index (χ2n) is 7.00. The average molecular weight is 346 g/mol. The van der Waals surface area contributed by atoms with Crippen LogP contribution in [0.25, 0.3) is 0 Å². The van der Waals surface area contributed by atoms with E-state index in [9.17, 15) is 4.79 Å². The second-order valence-corrected chi connectivity index (χ2v) is 7.00. The largest absolute Gasteiger partial charge is 0.344 e. The fourth-order valence-corrected chi connectivity index (χ4v) is 3.52. The van der Waals surface area contributed by atoms with Gasteiger partial charge in [-0.2, -0.15) is 10.1 Å². The number of aromatic amines is 1. The zero-order valence-corrected chi connectivity index (χ0v) is 15.5. The maximum absolute atomic E-state index is 12.9. The summed E-state index contributed by atoms with van der Waals surface area (Å²) in [5.41, 5.74) is 2.88. The van der Waals surface area contributed by atoms with Crippen molar-refractivity contribution >= 4 is 11.9 Å². The molecule has 2 aromatic rings. The molecule has 3 heterocycles. The number of hydrogen-bond acceptors (Lipinski definition) is 6. The first kappa shape index (κ1) is 17.4. The number of aromatic nitrogens is 4. The third kappa shape index (κ3) is 3.38. The Morgan fingerprint density at radius 1 is 1.32 bits per heavy atom. The monoisotopic (exact) mass is 346 g/mol. The van der Waals surface area contributed by atoms with Crippen LogP contribution in [0.15, 0.2) is 4.52 Å². The minimum absolute atomic E-state index is 0.158. The first-order chi connectivity index (χ1) is 11.9. The van der Waals surface area contributed by atoms with Gasteiger partial charge in [-0.15, -0.1) is 0 Å². The number of rotatable bonds is 4. The number of H-pyrrole nitrogens is 1. The van der Waals surface area contributed by atoms with E-state index in [1.807, 2.05) is 44.7 Å². The van der Waals surface area contributed by atoms with E-state index in [1.165, 1.54) is 0 Å². The molecule has 0 aliphatic carbocycles. The molecule has 0 bridgehead atoms. The SMILES string of the molecule is Cc1n[nH]c(C)c1C(C)C(=O)N1CCC(c2nc(N(C)C)no2)CC1. The molecule has 25 heavy (non-hydrogen) atoms. The number of hydrogen-bond donors (Lipinski definition) is 1. The fraction of sp³-hybridized carbons (Fsp3) is 0.647. The number of carbonyl (C=O) groups excluding carboxylic acids is 1. The van der Waals surface area contributed by atoms with Gasteiger partial charge in [-0.3, -0.25) is 9.89 Å². The molecule has 1 amide bonds. The highest BCUT2D eigenvalue weighted by Gasteiger charge is 2.31. The van der Waals surface area contributed by atoms with Crippen LogP contribution in [0.5, 0.6) is 0 Å². The number of anilines is 1. The summed E-state index contributed by atoms with van der Waals surface area (Å²) in [4.78, 5) is 21.1. The Kier molecular flexibility index (Phi) is 4.78. The van der Waals surface area contributed by atoms with E-state index in [0.29, 0.717) is 24.9 Å². The Morgan fingerprint density at radius 2 is 2.00 bits per heavy atom. The molecule has 2 aromatic heterocycles. The van der Waals surface area contributed by atoms with Gasteiger partial charge < -0.3 is 14.3 Å². The van der Waals surface area contributed by atoms with Crippen LogP contribution in [0, 0.1) is 13.8 Å². The summed E-state index contributed by atoms with van der Waals surface area (Å²) in [5.74, 6) is 1.46. The maximum atomic E-state index is 12.9. The molecule has 8 nitrogen and oxygen atoms in total. The molecular weight excluding hydrogens is 320 g/mol. The quantitative estimate of drug-likeness (QED) is 0.910. The summed E-state index contributed by atoms with van der Waals surface area (Å²) in [7, 11) is 3.77. The highest BCUT2D eigenvalue weighted by molar-refractivity contribution is 5.84. The summed E-state index contributed by atoms with van der Waals surface area (Å²) in [6.45, 7) is 7.28. The van der Waals surface area contributed by atoms with Crippen LogP contribution in [-0.2, 0) is 4.79 Å². The van der Waals surface area contributed by atoms with Crippen LogP contribution in [0.2, 0.25) is 0 Å². The molecule has 1 aliphatic heterocycles. The van der Waals surface area contributed by atoms with Crippen molar-refractivity contribution in [2.75, 3.05) is 32.1 Å². The van der Waals surface area contributed by atoms with Crippen molar-refractivity contribution in [3.8, 4) is 0 Å². The lowest BCUT2D eigenvalue weighted by Crippen LogP contribution is -2.40. The maximum Gasteiger partial charge on any atom is 0.265 e. The van der Waals surface area contributed by atoms with Crippen molar-refractivity contribution in [2.24, 2.45) is 0 Å². The third-order valence-electron chi connectivity index (χ3n) is 4.98. The molecule has 1 atom stereocenters. The predicted molar refractivity (Wildman–Crippen MR) is 93.7 cm³/mol. The van der Waals surface area contributed by atoms with Gasteiger partial charge >= 0.3 is 0 Å². The normalized spacial score (nSPS) is 16.9. The standard InChI is InChI=1S/C17H26N6O2/c1-10(14-11(2)19-20-12(14)3)16(24)23-8-6-13(7-9-23)15-18-17(21-25-15)22(4)5/h10,13H,6-9H2,1-5H3,(H,19,20). The number of piperidine rings is 1. The average Bonchev–Trinajstić information content (AvgIpc) is 3.21. The smallest absolute Gasteiger partial charge is 0.265 e. The molecule has 1 aliphatic rings. The van der Waals surface area contributed by atoms with Crippen LogP contribution in [0.3, 0.4) is 0 Å². The summed E-state index contributed by atoms with van der Waals surface area (Å²) < 4.78 is 5.38. The Bertz CT molecular complexity index is 723. The van der Waals surface area contributed by atoms with Crippen LogP contribution < -0.4 is 4.90 Å². The molecule has 0 radical (unpaired) electrons. The number of nitrogens with one attached hydrogen (secondary N) is 1. The number of amides is 1. The van der Waals surface area contributed by atoms with E-state index in [4.69, 9.17) is 4.52 Å². The van der Waals surface area contributed by atoms with Gasteiger partial charge in [0, 0.05) is 44.4 Å². The van der Waals surface area contributed by atoms with E-state index in [1.54, 1.807) is 0 Å². The van der Waals surface area contributed by atoms with Gasteiger partial charge in [0.2, 0.25) is 11.8 Å². The van der Waals surface area contributed by atoms with E-state index >= 15 is 0 Å². The minimum Gasteiger partial charge on any atom is -0.344 e. The van der Waals surface area contributed by atoms with Gasteiger partial charge in [0.1, 0.15) is 0 Å². The van der Waals surface area contributed by atoms with Gasteiger partial charge in [-0.1, -0.05) is 0 Å². The van der Waals surface area contributed by atoms with Gasteiger partial charge in [-0.25, -0.2) is 0 Å². The van der Waals surface area contributed by atoms with E-state index in [0.717, 1.165) is 29.8 Å². The van der Waals surface area contributed by atoms with Crippen molar-refractivity contribution in [3.63, 3.8) is 0 Å². The first-order valence-electron chi connectivity index (χ1n) is 8.69. The highest BCUT2D eigenvalue weighted by Crippen LogP contribution is 2.30. The lowest BCUT2D eigenvalue weighted by molar-refractivity contribution is -0.133. The van der Waals surface area contributed by atoms with Crippen molar-refractivity contribution in [1.29, 1.82) is 0 Å². The van der Waals surface area contributed by atoms with Gasteiger partial charge in [-0.05, 0) is 38.8 Å². The zero-order chi connectivity index (χ0) is 18.1. The Labute approximate surface area is 147 Å². The van der Waals surface area contributed by atoms with Crippen molar-refractivity contribution < 1.29 is 9.32 Å². The summed E-state index contributed by atoms with van der Waals surface area (Å²) in [5, 5.41) is 11.1. The van der Waals surface area contributed by atoms with Crippen LogP contribution in [0.4, 0.5) is 5.95 Å². The molecule has 0 saturated carbocycles. The van der Waals surface area contributed by atoms with E-state index in [2.05, 4.69) is 20.3 Å². The molecule has 8 heteroatoms. The van der Waals surface area contributed by atoms with Crippen molar-refractivity contribution in [1.82, 2.24) is 25.2 Å². The molecule has 0 spiro atoms. The summed E-state index contributed by atoms with van der Waals surface area (Å²) >= 11 is 0. The van der Waals surface area contributed by atoms with Crippen molar-refractivity contribution in [2.45, 2.75) is 45.4 Å². The second kappa shape index (κ2) is 6.85. The Morgan fingerprint density at radius 3 is 2.52 bits per heavy atom. The molecule has 1 saturated heterocycles. The molecular formula is C17H26N6O2. The lowest BCUT2D eigenvalue weighted by atomic mass is 9.93.